The van der Waals surface area contributed by atoms with Gasteiger partial charge in [0.2, 0.25) is 5.69 Å². The largest absolute Gasteiger partial charge is 0.481 e. The Kier molecular flexibility index (Phi) is 10.2. The number of carboxylic acids is 1. The fraction of sp³-hybridized carbons (Fsp3) is 0.290. The first-order chi connectivity index (χ1) is 20.4. The highest BCUT2D eigenvalue weighted by atomic mass is 32.2. The maximum absolute atomic E-state index is 11.6. The second-order valence-corrected chi connectivity index (χ2v) is 13.1. The van der Waals surface area contributed by atoms with E-state index in [1.807, 2.05) is 49.5 Å². The van der Waals surface area contributed by atoms with E-state index in [1.165, 1.54) is 24.3 Å². The molecule has 0 aliphatic carbocycles. The smallest absolute Gasteiger partial charge is 0.303 e. The average molecular weight is 628 g/mol. The number of carbonyl (C=O) groups is 1. The van der Waals surface area contributed by atoms with Gasteiger partial charge in [-0.25, -0.2) is 0 Å². The molecule has 10 nitrogen and oxygen atoms in total. The number of benzene rings is 2. The molecule has 2 aliphatic rings. The number of aliphatic carboxylic acids is 1. The summed E-state index contributed by atoms with van der Waals surface area (Å²) in [5.74, 6) is -0.818. The van der Waals surface area contributed by atoms with Crippen LogP contribution in [-0.2, 0) is 37.9 Å². The lowest BCUT2D eigenvalue weighted by Gasteiger charge is -2.19. The molecule has 2 aromatic carbocycles. The fourth-order valence-electron chi connectivity index (χ4n) is 5.33. The summed E-state index contributed by atoms with van der Waals surface area (Å²) in [5, 5.41) is 8.88. The van der Waals surface area contributed by atoms with Crippen LogP contribution in [-0.4, -0.2) is 60.4 Å². The van der Waals surface area contributed by atoms with E-state index < -0.39 is 26.2 Å². The monoisotopic (exact) mass is 627 g/mol. The van der Waals surface area contributed by atoms with Crippen LogP contribution in [0, 0.1) is 0 Å². The Morgan fingerprint density at radius 2 is 1.51 bits per heavy atom. The standard InChI is InChI=1S/C31H34N2O8S2/c1-2-32-25(19-23-21-27(42(36,37)38)14-16-29(23)32)11-7-4-3-5-8-12-26-20-24-22-28(43(39,40)41)15-17-30(24)33(26)18-10-6-9-13-31(34)35/h3-5,7-8,11-12,14-17,21-22H,2,6,9-10,13,18-20H2,1H3,(H2-,34,35,36,37,38,39,40,41)/p+1. The van der Waals surface area contributed by atoms with Crippen molar-refractivity contribution in [1.82, 2.24) is 0 Å². The van der Waals surface area contributed by atoms with Crippen LogP contribution in [0.25, 0.3) is 0 Å². The highest BCUT2D eigenvalue weighted by Crippen LogP contribution is 2.36. The molecule has 0 radical (unpaired) electrons. The Labute approximate surface area is 252 Å². The third-order valence-corrected chi connectivity index (χ3v) is 9.03. The zero-order valence-electron chi connectivity index (χ0n) is 23.8. The highest BCUT2D eigenvalue weighted by molar-refractivity contribution is 7.86. The van der Waals surface area contributed by atoms with Crippen LogP contribution in [0.4, 0.5) is 11.4 Å². The van der Waals surface area contributed by atoms with Gasteiger partial charge in [0.15, 0.2) is 5.71 Å². The number of allylic oxidation sites excluding steroid dienone is 8. The van der Waals surface area contributed by atoms with Crippen molar-refractivity contribution in [2.24, 2.45) is 0 Å². The third-order valence-electron chi connectivity index (χ3n) is 7.33. The van der Waals surface area contributed by atoms with Crippen LogP contribution in [0.3, 0.4) is 0 Å². The van der Waals surface area contributed by atoms with E-state index in [4.69, 9.17) is 5.11 Å². The molecule has 2 aliphatic heterocycles. The van der Waals surface area contributed by atoms with E-state index in [0.717, 1.165) is 46.8 Å². The average Bonchev–Trinajstić information content (AvgIpc) is 3.47. The van der Waals surface area contributed by atoms with Gasteiger partial charge in [-0.15, -0.1) is 0 Å². The van der Waals surface area contributed by atoms with Crippen molar-refractivity contribution >= 4 is 43.3 Å². The molecule has 0 saturated heterocycles. The van der Waals surface area contributed by atoms with E-state index >= 15 is 0 Å². The van der Waals surface area contributed by atoms with Crippen LogP contribution in [0.15, 0.2) is 94.4 Å². The summed E-state index contributed by atoms with van der Waals surface area (Å²) in [6, 6.07) is 9.17. The van der Waals surface area contributed by atoms with Crippen LogP contribution >= 0.6 is 0 Å². The van der Waals surface area contributed by atoms with Gasteiger partial charge in [-0.1, -0.05) is 30.4 Å². The van der Waals surface area contributed by atoms with Gasteiger partial charge >= 0.3 is 5.97 Å². The molecule has 2 heterocycles. The second-order valence-electron chi connectivity index (χ2n) is 10.3. The summed E-state index contributed by atoms with van der Waals surface area (Å²) in [5.41, 5.74) is 5.37. The van der Waals surface area contributed by atoms with Gasteiger partial charge in [0.25, 0.3) is 20.2 Å². The number of likely N-dealkylation sites (N-methyl/N-ethyl adjacent to an activating group) is 1. The zero-order valence-corrected chi connectivity index (χ0v) is 25.4. The molecule has 3 N–H and O–H groups in total. The molecule has 12 heteroatoms. The predicted molar refractivity (Wildman–Crippen MR) is 164 cm³/mol. The molecule has 0 amide bonds. The van der Waals surface area contributed by atoms with Crippen LogP contribution < -0.4 is 4.90 Å². The molecule has 0 saturated carbocycles. The van der Waals surface area contributed by atoms with Crippen molar-refractivity contribution in [2.75, 3.05) is 18.0 Å². The van der Waals surface area contributed by atoms with Crippen molar-refractivity contribution in [3.8, 4) is 0 Å². The van der Waals surface area contributed by atoms with Crippen molar-refractivity contribution < 1.29 is 40.4 Å². The van der Waals surface area contributed by atoms with E-state index in [1.54, 1.807) is 12.1 Å². The van der Waals surface area contributed by atoms with Gasteiger partial charge in [0, 0.05) is 54.9 Å². The van der Waals surface area contributed by atoms with Gasteiger partial charge in [-0.05, 0) is 61.7 Å². The summed E-state index contributed by atoms with van der Waals surface area (Å²) < 4.78 is 67.2. The summed E-state index contributed by atoms with van der Waals surface area (Å²) >= 11 is 0. The first kappa shape index (κ1) is 32.1. The van der Waals surface area contributed by atoms with Gasteiger partial charge in [-0.3, -0.25) is 13.9 Å². The fourth-order valence-corrected chi connectivity index (χ4v) is 6.39. The molecule has 2 aromatic rings. The van der Waals surface area contributed by atoms with E-state index in [2.05, 4.69) is 9.48 Å². The van der Waals surface area contributed by atoms with E-state index in [0.29, 0.717) is 32.4 Å². The van der Waals surface area contributed by atoms with Crippen molar-refractivity contribution in [3.05, 3.63) is 95.8 Å². The number of rotatable bonds is 13. The van der Waals surface area contributed by atoms with Crippen molar-refractivity contribution in [1.29, 1.82) is 0 Å². The normalized spacial score (nSPS) is 16.3. The molecule has 0 spiro atoms. The zero-order chi connectivity index (χ0) is 31.2. The Bertz CT molecular complexity index is 1770. The van der Waals surface area contributed by atoms with Gasteiger partial charge in [-0.2, -0.15) is 21.4 Å². The lowest BCUT2D eigenvalue weighted by molar-refractivity contribution is -0.437. The molecule has 0 aromatic heterocycles. The predicted octanol–water partition coefficient (Wildman–Crippen LogP) is 5.10. The summed E-state index contributed by atoms with van der Waals surface area (Å²) in [6.45, 7) is 3.37. The maximum atomic E-state index is 11.6. The van der Waals surface area contributed by atoms with Crippen LogP contribution in [0.5, 0.6) is 0 Å². The van der Waals surface area contributed by atoms with Gasteiger partial charge < -0.3 is 10.0 Å². The topological polar surface area (TPSA) is 152 Å². The number of anilines is 1. The third kappa shape index (κ3) is 8.17. The minimum Gasteiger partial charge on any atom is -0.481 e. The maximum Gasteiger partial charge on any atom is 0.303 e. The second kappa shape index (κ2) is 13.6. The van der Waals surface area contributed by atoms with Crippen molar-refractivity contribution in [2.45, 2.75) is 55.2 Å². The van der Waals surface area contributed by atoms with Gasteiger partial charge in [0.05, 0.1) is 16.2 Å². The van der Waals surface area contributed by atoms with Gasteiger partial charge in [0.1, 0.15) is 6.54 Å². The first-order valence-electron chi connectivity index (χ1n) is 13.9. The number of unbranched alkanes of at least 4 members (excludes halogenated alkanes) is 2. The van der Waals surface area contributed by atoms with Crippen molar-refractivity contribution in [3.63, 3.8) is 0 Å². The molecular weight excluding hydrogens is 592 g/mol. The summed E-state index contributed by atoms with van der Waals surface area (Å²) in [6.07, 6.45) is 16.6. The highest BCUT2D eigenvalue weighted by Gasteiger charge is 2.29. The lowest BCUT2D eigenvalue weighted by atomic mass is 10.1. The number of carboxylic acid groups (broad SMARTS) is 1. The molecule has 0 bridgehead atoms. The number of hydrogen-bond donors (Lipinski definition) is 3. The number of nitrogens with zero attached hydrogens (tertiary/aromatic N) is 2. The van der Waals surface area contributed by atoms with Crippen LogP contribution in [0.2, 0.25) is 0 Å². The van der Waals surface area contributed by atoms with E-state index in [9.17, 15) is 30.7 Å². The molecule has 0 atom stereocenters. The molecule has 228 valence electrons. The molecule has 4 rings (SSSR count). The Balaban J connectivity index is 1.44. The number of fused-ring (bicyclic) bond motifs is 2. The summed E-state index contributed by atoms with van der Waals surface area (Å²) in [4.78, 5) is 12.6. The first-order valence-corrected chi connectivity index (χ1v) is 16.8. The number of hydrogen-bond acceptors (Lipinski definition) is 6. The SMILES string of the molecule is CCN1\C(=C/C=C/C=C/C=C/C2=[N+](CCCCCC(=O)O)c3ccc(S(=O)(=O)O)cc3C2)Cc2cc(S(=O)(=O)O)ccc21. The minimum absolute atomic E-state index is 0.118. The molecule has 0 fully saturated rings. The van der Waals surface area contributed by atoms with Crippen LogP contribution in [0.1, 0.15) is 43.7 Å². The Morgan fingerprint density at radius 1 is 0.860 bits per heavy atom. The summed E-state index contributed by atoms with van der Waals surface area (Å²) in [7, 11) is -8.58. The van der Waals surface area contributed by atoms with E-state index in [-0.39, 0.29) is 16.2 Å². The minimum atomic E-state index is -4.32. The Hall–Kier alpha value is -3.84. The Morgan fingerprint density at radius 3 is 2.19 bits per heavy atom. The quantitative estimate of drug-likeness (QED) is 0.119. The molecular formula is C31H35N2O8S2+. The molecule has 0 unspecified atom stereocenters. The molecule has 43 heavy (non-hydrogen) atoms. The lowest BCUT2D eigenvalue weighted by Crippen LogP contribution is -2.17.